The predicted molar refractivity (Wildman–Crippen MR) is 124 cm³/mol. The zero-order valence-electron chi connectivity index (χ0n) is 18.2. The number of hydrogen-bond acceptors (Lipinski definition) is 4. The van der Waals surface area contributed by atoms with Crippen LogP contribution in [0.3, 0.4) is 0 Å². The number of aromatic nitrogens is 1. The van der Waals surface area contributed by atoms with E-state index in [2.05, 4.69) is 31.1 Å². The number of halogens is 3. The van der Waals surface area contributed by atoms with Gasteiger partial charge in [-0.1, -0.05) is 44.5 Å². The average Bonchev–Trinajstić information content (AvgIpc) is 3.17. The highest BCUT2D eigenvalue weighted by atomic mass is 35.5. The number of ether oxygens (including phenoxy) is 1. The zero-order chi connectivity index (χ0) is 23.8. The van der Waals surface area contributed by atoms with Gasteiger partial charge in [0, 0.05) is 5.69 Å². The van der Waals surface area contributed by atoms with Gasteiger partial charge in [-0.3, -0.25) is 4.79 Å². The molecule has 1 heterocycles. The summed E-state index contributed by atoms with van der Waals surface area (Å²) >= 11 is 6.00. The van der Waals surface area contributed by atoms with E-state index in [4.69, 9.17) is 20.8 Å². The Morgan fingerprint density at radius 1 is 1.06 bits per heavy atom. The maximum atomic E-state index is 13.6. The summed E-state index contributed by atoms with van der Waals surface area (Å²) in [7, 11) is 0. The molecule has 0 radical (unpaired) electrons. The lowest BCUT2D eigenvalue weighted by Gasteiger charge is -2.19. The molecule has 170 valence electrons. The van der Waals surface area contributed by atoms with Crippen LogP contribution in [0.1, 0.15) is 26.3 Å². The Morgan fingerprint density at radius 3 is 2.45 bits per heavy atom. The molecule has 0 aliphatic carbocycles. The van der Waals surface area contributed by atoms with Crippen molar-refractivity contribution in [1.29, 1.82) is 0 Å². The minimum Gasteiger partial charge on any atom is -0.484 e. The van der Waals surface area contributed by atoms with Crippen LogP contribution in [-0.4, -0.2) is 17.5 Å². The molecule has 5 nitrogen and oxygen atoms in total. The van der Waals surface area contributed by atoms with Gasteiger partial charge in [-0.05, 0) is 53.4 Å². The molecule has 0 fully saturated rings. The molecule has 3 aromatic carbocycles. The monoisotopic (exact) mass is 470 g/mol. The third-order valence-corrected chi connectivity index (χ3v) is 5.31. The number of nitrogens with one attached hydrogen (secondary N) is 1. The molecule has 0 spiro atoms. The number of rotatable bonds is 5. The van der Waals surface area contributed by atoms with Crippen molar-refractivity contribution in [2.24, 2.45) is 0 Å². The number of fused-ring (bicyclic) bond motifs is 1. The van der Waals surface area contributed by atoms with E-state index in [9.17, 15) is 13.6 Å². The number of carbonyl (C=O) groups excluding carboxylic acids is 1. The normalized spacial score (nSPS) is 11.6. The van der Waals surface area contributed by atoms with Gasteiger partial charge in [-0.25, -0.2) is 13.8 Å². The van der Waals surface area contributed by atoms with Crippen molar-refractivity contribution in [2.75, 3.05) is 11.9 Å². The zero-order valence-corrected chi connectivity index (χ0v) is 19.0. The Kier molecular flexibility index (Phi) is 6.08. The van der Waals surface area contributed by atoms with Crippen molar-refractivity contribution >= 4 is 34.3 Å². The number of nitrogens with zero attached hydrogens (tertiary/aromatic N) is 1. The Morgan fingerprint density at radius 2 is 1.76 bits per heavy atom. The van der Waals surface area contributed by atoms with E-state index in [-0.39, 0.29) is 34.4 Å². The molecule has 0 saturated heterocycles. The summed E-state index contributed by atoms with van der Waals surface area (Å²) in [5.74, 6) is -1.82. The molecular formula is C25H21ClF2N2O3. The van der Waals surface area contributed by atoms with Gasteiger partial charge in [0.25, 0.3) is 5.91 Å². The van der Waals surface area contributed by atoms with Crippen LogP contribution in [0.25, 0.3) is 22.6 Å². The number of amides is 1. The Hall–Kier alpha value is -3.45. The minimum absolute atomic E-state index is 0.0262. The van der Waals surface area contributed by atoms with E-state index in [0.717, 1.165) is 12.1 Å². The molecule has 0 aliphatic rings. The lowest BCUT2D eigenvalue weighted by Crippen LogP contribution is -2.20. The van der Waals surface area contributed by atoms with Crippen LogP contribution in [0.5, 0.6) is 5.75 Å². The minimum atomic E-state index is -1.06. The van der Waals surface area contributed by atoms with Crippen LogP contribution in [0.4, 0.5) is 14.5 Å². The molecule has 8 heteroatoms. The third-order valence-electron chi connectivity index (χ3n) is 5.00. The molecule has 4 aromatic rings. The van der Waals surface area contributed by atoms with Crippen LogP contribution in [0.15, 0.2) is 59.0 Å². The van der Waals surface area contributed by atoms with E-state index < -0.39 is 11.6 Å². The summed E-state index contributed by atoms with van der Waals surface area (Å²) in [4.78, 5) is 16.6. The van der Waals surface area contributed by atoms with Gasteiger partial charge in [0.2, 0.25) is 5.89 Å². The van der Waals surface area contributed by atoms with Gasteiger partial charge >= 0.3 is 0 Å². The fraction of sp³-hybridized carbons (Fsp3) is 0.200. The molecule has 0 atom stereocenters. The van der Waals surface area contributed by atoms with Crippen LogP contribution in [0.2, 0.25) is 5.02 Å². The van der Waals surface area contributed by atoms with Crippen molar-refractivity contribution < 1.29 is 22.7 Å². The first-order chi connectivity index (χ1) is 15.6. The van der Waals surface area contributed by atoms with E-state index >= 15 is 0 Å². The van der Waals surface area contributed by atoms with Gasteiger partial charge in [-0.15, -0.1) is 0 Å². The van der Waals surface area contributed by atoms with Gasteiger partial charge < -0.3 is 14.5 Å². The second kappa shape index (κ2) is 8.83. The maximum Gasteiger partial charge on any atom is 0.262 e. The molecule has 33 heavy (non-hydrogen) atoms. The molecule has 1 amide bonds. The number of benzene rings is 3. The largest absolute Gasteiger partial charge is 0.484 e. The fourth-order valence-corrected chi connectivity index (χ4v) is 3.44. The standard InChI is InChI=1S/C25H21ClF2N2O3/c1-25(2,3)14-4-7-16(8-5-14)32-13-23(31)29-15-6-9-22-21(10-15)30-24(33-22)17-11-19(27)20(28)12-18(17)26/h4-12H,13H2,1-3H3,(H,29,31). The molecule has 0 bridgehead atoms. The number of carbonyl (C=O) groups is 1. The van der Waals surface area contributed by atoms with Crippen molar-refractivity contribution in [2.45, 2.75) is 26.2 Å². The highest BCUT2D eigenvalue weighted by molar-refractivity contribution is 6.33. The fourth-order valence-electron chi connectivity index (χ4n) is 3.20. The van der Waals surface area contributed by atoms with Crippen LogP contribution >= 0.6 is 11.6 Å². The van der Waals surface area contributed by atoms with E-state index in [1.165, 1.54) is 5.56 Å². The van der Waals surface area contributed by atoms with Gasteiger partial charge in [0.15, 0.2) is 23.8 Å². The molecule has 0 aliphatic heterocycles. The molecule has 4 rings (SSSR count). The first-order valence-electron chi connectivity index (χ1n) is 10.2. The van der Waals surface area contributed by atoms with Crippen molar-refractivity contribution in [3.05, 3.63) is 76.8 Å². The van der Waals surface area contributed by atoms with Gasteiger partial charge in [0.1, 0.15) is 11.3 Å². The third kappa shape index (κ3) is 5.14. The molecular weight excluding hydrogens is 450 g/mol. The summed E-state index contributed by atoms with van der Waals surface area (Å²) < 4.78 is 38.1. The molecule has 1 aromatic heterocycles. The van der Waals surface area contributed by atoms with Crippen LogP contribution < -0.4 is 10.1 Å². The van der Waals surface area contributed by atoms with E-state index in [0.29, 0.717) is 22.5 Å². The number of hydrogen-bond donors (Lipinski definition) is 1. The molecule has 1 N–H and O–H groups in total. The summed E-state index contributed by atoms with van der Waals surface area (Å²) in [5.41, 5.74) is 2.63. The SMILES string of the molecule is CC(C)(C)c1ccc(OCC(=O)Nc2ccc3oc(-c4cc(F)c(F)cc4Cl)nc3c2)cc1. The number of oxazole rings is 1. The predicted octanol–water partition coefficient (Wildman–Crippen LogP) is 6.74. The van der Waals surface area contributed by atoms with E-state index in [1.807, 2.05) is 24.3 Å². The second-order valence-corrected chi connectivity index (χ2v) is 8.97. The quantitative estimate of drug-likeness (QED) is 0.328. The summed E-state index contributed by atoms with van der Waals surface area (Å²) in [6.07, 6.45) is 0. The van der Waals surface area contributed by atoms with Crippen LogP contribution in [0, 0.1) is 11.6 Å². The van der Waals surface area contributed by atoms with Crippen molar-refractivity contribution in [1.82, 2.24) is 4.98 Å². The topological polar surface area (TPSA) is 64.4 Å². The first-order valence-corrected chi connectivity index (χ1v) is 10.6. The van der Waals surface area contributed by atoms with Gasteiger partial charge in [-0.2, -0.15) is 0 Å². The van der Waals surface area contributed by atoms with Crippen molar-refractivity contribution in [3.8, 4) is 17.2 Å². The Bertz CT molecular complexity index is 1330. The molecule has 0 saturated carbocycles. The molecule has 0 unspecified atom stereocenters. The highest BCUT2D eigenvalue weighted by Gasteiger charge is 2.17. The maximum absolute atomic E-state index is 13.6. The summed E-state index contributed by atoms with van der Waals surface area (Å²) in [6, 6.07) is 14.3. The highest BCUT2D eigenvalue weighted by Crippen LogP contribution is 2.32. The smallest absolute Gasteiger partial charge is 0.262 e. The second-order valence-electron chi connectivity index (χ2n) is 8.56. The van der Waals surface area contributed by atoms with E-state index in [1.54, 1.807) is 18.2 Å². The Labute approximate surface area is 194 Å². The van der Waals surface area contributed by atoms with Crippen LogP contribution in [-0.2, 0) is 10.2 Å². The Balaban J connectivity index is 1.44. The van der Waals surface area contributed by atoms with Crippen molar-refractivity contribution in [3.63, 3.8) is 0 Å². The lowest BCUT2D eigenvalue weighted by atomic mass is 9.87. The van der Waals surface area contributed by atoms with Gasteiger partial charge in [0.05, 0.1) is 10.6 Å². The average molecular weight is 471 g/mol. The number of anilines is 1. The lowest BCUT2D eigenvalue weighted by molar-refractivity contribution is -0.118. The summed E-state index contributed by atoms with van der Waals surface area (Å²) in [6.45, 7) is 6.20. The first kappa shape index (κ1) is 22.7. The summed E-state index contributed by atoms with van der Waals surface area (Å²) in [5, 5.41) is 2.71.